The molecule has 0 aromatic heterocycles. The van der Waals surface area contributed by atoms with Crippen LogP contribution in [0.4, 0.5) is 0 Å². The molecule has 0 radical (unpaired) electrons. The highest BCUT2D eigenvalue weighted by Gasteiger charge is 2.08. The molecule has 0 aliphatic carbocycles. The topological polar surface area (TPSA) is 46.5 Å². The zero-order valence-corrected chi connectivity index (χ0v) is 12.1. The lowest BCUT2D eigenvalue weighted by atomic mass is 10.0. The Hall–Kier alpha value is -2.03. The Morgan fingerprint density at radius 1 is 1.25 bits per heavy atom. The van der Waals surface area contributed by atoms with E-state index in [1.165, 1.54) is 7.11 Å². The summed E-state index contributed by atoms with van der Waals surface area (Å²) in [4.78, 5) is 11.0. The second kappa shape index (κ2) is 8.97. The number of hydrogen-bond donors (Lipinski definition) is 1. The van der Waals surface area contributed by atoms with Crippen LogP contribution in [0.25, 0.3) is 6.08 Å². The standard InChI is InChI=1S/C17H22O3/c1-3-4-6-11-15(13-16(20-2)17(18)19)12-14-9-7-5-8-10-14/h5,7-10,12-13H,3-4,6,11H2,1-2H3,(H,18,19)/b15-12+,16-13+. The molecule has 0 aliphatic rings. The Morgan fingerprint density at radius 2 is 1.95 bits per heavy atom. The van der Waals surface area contributed by atoms with Crippen LogP contribution in [-0.4, -0.2) is 18.2 Å². The van der Waals surface area contributed by atoms with Crippen LogP contribution in [0.2, 0.25) is 0 Å². The molecule has 0 spiro atoms. The van der Waals surface area contributed by atoms with Gasteiger partial charge in [-0.05, 0) is 30.1 Å². The lowest BCUT2D eigenvalue weighted by molar-refractivity contribution is -0.136. The Balaban J connectivity index is 2.95. The second-order valence-electron chi connectivity index (χ2n) is 4.60. The minimum absolute atomic E-state index is 0.0244. The Bertz CT molecular complexity index is 472. The molecule has 0 aliphatic heterocycles. The van der Waals surface area contributed by atoms with Crippen molar-refractivity contribution in [2.24, 2.45) is 0 Å². The van der Waals surface area contributed by atoms with Gasteiger partial charge in [-0.3, -0.25) is 0 Å². The van der Waals surface area contributed by atoms with E-state index in [2.05, 4.69) is 6.92 Å². The molecule has 0 amide bonds. The maximum atomic E-state index is 11.0. The van der Waals surface area contributed by atoms with Crippen molar-refractivity contribution in [3.05, 3.63) is 53.3 Å². The van der Waals surface area contributed by atoms with Crippen molar-refractivity contribution in [3.63, 3.8) is 0 Å². The van der Waals surface area contributed by atoms with Crippen LogP contribution in [0.5, 0.6) is 0 Å². The molecule has 1 rings (SSSR count). The first-order chi connectivity index (χ1) is 9.67. The summed E-state index contributed by atoms with van der Waals surface area (Å²) >= 11 is 0. The van der Waals surface area contributed by atoms with Gasteiger partial charge in [0.25, 0.3) is 0 Å². The van der Waals surface area contributed by atoms with Gasteiger partial charge in [0.05, 0.1) is 7.11 Å². The van der Waals surface area contributed by atoms with Crippen molar-refractivity contribution >= 4 is 12.0 Å². The zero-order valence-electron chi connectivity index (χ0n) is 12.1. The van der Waals surface area contributed by atoms with Crippen LogP contribution in [0.1, 0.15) is 38.2 Å². The first-order valence-corrected chi connectivity index (χ1v) is 6.92. The number of rotatable bonds is 8. The highest BCUT2D eigenvalue weighted by atomic mass is 16.5. The zero-order chi connectivity index (χ0) is 14.8. The fourth-order valence-corrected chi connectivity index (χ4v) is 1.90. The number of aliphatic carboxylic acids is 1. The predicted octanol–water partition coefficient (Wildman–Crippen LogP) is 4.27. The predicted molar refractivity (Wildman–Crippen MR) is 81.3 cm³/mol. The molecule has 1 aromatic rings. The third-order valence-electron chi connectivity index (χ3n) is 2.97. The molecule has 0 unspecified atom stereocenters. The van der Waals surface area contributed by atoms with Gasteiger partial charge in [0.2, 0.25) is 5.76 Å². The number of carboxylic acids is 1. The highest BCUT2D eigenvalue weighted by Crippen LogP contribution is 2.17. The average Bonchev–Trinajstić information content (AvgIpc) is 2.45. The molecular weight excluding hydrogens is 252 g/mol. The van der Waals surface area contributed by atoms with Gasteiger partial charge in [0.1, 0.15) is 0 Å². The number of carbonyl (C=O) groups is 1. The van der Waals surface area contributed by atoms with Crippen molar-refractivity contribution in [1.29, 1.82) is 0 Å². The number of allylic oxidation sites excluding steroid dienone is 2. The maximum absolute atomic E-state index is 11.0. The number of benzene rings is 1. The molecule has 108 valence electrons. The fourth-order valence-electron chi connectivity index (χ4n) is 1.90. The number of hydrogen-bond acceptors (Lipinski definition) is 2. The van der Waals surface area contributed by atoms with Crippen LogP contribution < -0.4 is 0 Å². The van der Waals surface area contributed by atoms with Crippen LogP contribution in [0.3, 0.4) is 0 Å². The largest absolute Gasteiger partial charge is 0.490 e. The Labute approximate surface area is 120 Å². The molecule has 0 saturated carbocycles. The van der Waals surface area contributed by atoms with Crippen molar-refractivity contribution in [3.8, 4) is 0 Å². The minimum atomic E-state index is -1.04. The van der Waals surface area contributed by atoms with E-state index in [-0.39, 0.29) is 5.76 Å². The summed E-state index contributed by atoms with van der Waals surface area (Å²) in [5, 5.41) is 9.04. The number of methoxy groups -OCH3 is 1. The van der Waals surface area contributed by atoms with Crippen molar-refractivity contribution in [2.75, 3.05) is 7.11 Å². The van der Waals surface area contributed by atoms with Crippen LogP contribution in [0.15, 0.2) is 47.7 Å². The molecule has 0 saturated heterocycles. The average molecular weight is 274 g/mol. The lowest BCUT2D eigenvalue weighted by Gasteiger charge is -2.05. The van der Waals surface area contributed by atoms with Crippen LogP contribution in [-0.2, 0) is 9.53 Å². The summed E-state index contributed by atoms with van der Waals surface area (Å²) in [5.74, 6) is -1.06. The molecule has 3 nitrogen and oxygen atoms in total. The third kappa shape index (κ3) is 5.74. The van der Waals surface area contributed by atoms with Gasteiger partial charge in [-0.15, -0.1) is 0 Å². The van der Waals surface area contributed by atoms with Crippen molar-refractivity contribution < 1.29 is 14.6 Å². The summed E-state index contributed by atoms with van der Waals surface area (Å²) in [6, 6.07) is 9.89. The van der Waals surface area contributed by atoms with E-state index in [1.807, 2.05) is 36.4 Å². The molecule has 1 aromatic carbocycles. The van der Waals surface area contributed by atoms with Crippen molar-refractivity contribution in [1.82, 2.24) is 0 Å². The van der Waals surface area contributed by atoms with E-state index in [9.17, 15) is 4.79 Å². The SMILES string of the molecule is CCCCCC(=C\c1ccccc1)/C=C(/OC)C(=O)O. The third-order valence-corrected chi connectivity index (χ3v) is 2.97. The normalized spacial score (nSPS) is 12.3. The second-order valence-corrected chi connectivity index (χ2v) is 4.60. The quantitative estimate of drug-likeness (QED) is 0.333. The minimum Gasteiger partial charge on any atom is -0.490 e. The van der Waals surface area contributed by atoms with Gasteiger partial charge in [0.15, 0.2) is 0 Å². The first kappa shape index (κ1) is 16.0. The Kier molecular flexibility index (Phi) is 7.18. The fraction of sp³-hybridized carbons (Fsp3) is 0.353. The van der Waals surface area contributed by atoms with Gasteiger partial charge < -0.3 is 9.84 Å². The molecule has 3 heteroatoms. The van der Waals surface area contributed by atoms with Gasteiger partial charge in [-0.2, -0.15) is 0 Å². The summed E-state index contributed by atoms with van der Waals surface area (Å²) in [6.45, 7) is 2.15. The van der Waals surface area contributed by atoms with E-state index in [1.54, 1.807) is 6.08 Å². The summed E-state index contributed by atoms with van der Waals surface area (Å²) in [5.41, 5.74) is 2.04. The number of unbranched alkanes of at least 4 members (excludes halogenated alkanes) is 2. The van der Waals surface area contributed by atoms with Crippen LogP contribution in [0, 0.1) is 0 Å². The molecule has 0 fully saturated rings. The highest BCUT2D eigenvalue weighted by molar-refractivity contribution is 5.85. The molecule has 0 heterocycles. The van der Waals surface area contributed by atoms with Crippen LogP contribution >= 0.6 is 0 Å². The molecule has 20 heavy (non-hydrogen) atoms. The van der Waals surface area contributed by atoms with E-state index in [4.69, 9.17) is 9.84 Å². The van der Waals surface area contributed by atoms with Gasteiger partial charge in [-0.1, -0.05) is 56.2 Å². The van der Waals surface area contributed by atoms with Gasteiger partial charge in [-0.25, -0.2) is 4.79 Å². The van der Waals surface area contributed by atoms with E-state index < -0.39 is 5.97 Å². The van der Waals surface area contributed by atoms with Crippen molar-refractivity contribution in [2.45, 2.75) is 32.6 Å². The lowest BCUT2D eigenvalue weighted by Crippen LogP contribution is -2.03. The number of carboxylic acid groups (broad SMARTS) is 1. The van der Waals surface area contributed by atoms with E-state index in [0.717, 1.165) is 36.8 Å². The van der Waals surface area contributed by atoms with Gasteiger partial charge >= 0.3 is 5.97 Å². The maximum Gasteiger partial charge on any atom is 0.371 e. The first-order valence-electron chi connectivity index (χ1n) is 6.92. The van der Waals surface area contributed by atoms with E-state index in [0.29, 0.717) is 0 Å². The summed E-state index contributed by atoms with van der Waals surface area (Å²) < 4.78 is 4.91. The monoisotopic (exact) mass is 274 g/mol. The van der Waals surface area contributed by atoms with Gasteiger partial charge in [0, 0.05) is 0 Å². The smallest absolute Gasteiger partial charge is 0.371 e. The Morgan fingerprint density at radius 3 is 2.50 bits per heavy atom. The molecule has 0 bridgehead atoms. The molecule has 0 atom stereocenters. The van der Waals surface area contributed by atoms with E-state index >= 15 is 0 Å². The summed E-state index contributed by atoms with van der Waals surface area (Å²) in [7, 11) is 1.38. The molecular formula is C17H22O3. The molecule has 1 N–H and O–H groups in total. The number of ether oxygens (including phenoxy) is 1. The summed E-state index contributed by atoms with van der Waals surface area (Å²) in [6.07, 6.45) is 7.79.